The number of rotatable bonds is 1. The minimum Gasteiger partial charge on any atom is -0.494 e. The number of aromatic hydroxyl groups is 1. The number of azo groups is 1. The van der Waals surface area contributed by atoms with Crippen molar-refractivity contribution in [3.8, 4) is 5.88 Å². The third-order valence-corrected chi connectivity index (χ3v) is 3.85. The second-order valence-corrected chi connectivity index (χ2v) is 5.26. The van der Waals surface area contributed by atoms with Crippen molar-refractivity contribution in [1.82, 2.24) is 4.98 Å². The maximum Gasteiger partial charge on any atom is 0.196 e. The highest BCUT2D eigenvalue weighted by Gasteiger charge is 2.10. The van der Waals surface area contributed by atoms with E-state index < -0.39 is 0 Å². The van der Waals surface area contributed by atoms with E-state index in [0.29, 0.717) is 10.6 Å². The number of aromatic nitrogens is 1. The third kappa shape index (κ3) is 1.92. The van der Waals surface area contributed by atoms with Gasteiger partial charge in [-0.25, -0.2) is 0 Å². The highest BCUT2D eigenvalue weighted by Crippen LogP contribution is 2.31. The molecule has 1 aliphatic heterocycles. The molecule has 0 radical (unpaired) electrons. The first-order valence-corrected chi connectivity index (χ1v) is 6.82. The highest BCUT2D eigenvalue weighted by molar-refractivity contribution is 6.35. The Morgan fingerprint density at radius 2 is 2.10 bits per heavy atom. The van der Waals surface area contributed by atoms with Crippen LogP contribution in [0, 0.1) is 0 Å². The number of para-hydroxylation sites is 1. The first kappa shape index (κ1) is 12.2. The van der Waals surface area contributed by atoms with E-state index in [2.05, 4.69) is 15.2 Å². The molecule has 1 aromatic heterocycles. The van der Waals surface area contributed by atoms with Crippen molar-refractivity contribution < 1.29 is 5.11 Å². The molecule has 2 heterocycles. The Hall–Kier alpha value is -2.59. The summed E-state index contributed by atoms with van der Waals surface area (Å²) in [5.74, 6) is 0.104. The number of hydrogen-bond donors (Lipinski definition) is 2. The van der Waals surface area contributed by atoms with Crippen molar-refractivity contribution in [2.45, 2.75) is 0 Å². The van der Waals surface area contributed by atoms with Gasteiger partial charge in [0.05, 0.1) is 22.4 Å². The van der Waals surface area contributed by atoms with E-state index in [1.807, 2.05) is 36.4 Å². The fourth-order valence-corrected chi connectivity index (χ4v) is 2.72. The molecule has 0 saturated carbocycles. The predicted molar refractivity (Wildman–Crippen MR) is 83.2 cm³/mol. The number of benzene rings is 2. The molecule has 1 aliphatic rings. The van der Waals surface area contributed by atoms with Crippen LogP contribution in [0.5, 0.6) is 5.88 Å². The van der Waals surface area contributed by atoms with Crippen molar-refractivity contribution >= 4 is 40.5 Å². The molecule has 0 fully saturated rings. The molecule has 0 saturated heterocycles. The van der Waals surface area contributed by atoms with Crippen molar-refractivity contribution in [3.05, 3.63) is 57.4 Å². The Morgan fingerprint density at radius 3 is 3.00 bits per heavy atom. The molecule has 0 unspecified atom stereocenters. The van der Waals surface area contributed by atoms with Crippen LogP contribution < -0.4 is 10.4 Å². The number of nitrogens with one attached hydrogen (secondary N) is 1. The van der Waals surface area contributed by atoms with E-state index in [1.165, 1.54) is 0 Å². The number of fused-ring (bicyclic) bond motifs is 2. The Bertz CT molecular complexity index is 1020. The van der Waals surface area contributed by atoms with Gasteiger partial charge in [-0.2, -0.15) is 10.2 Å². The molecule has 4 nitrogen and oxygen atoms in total. The quantitative estimate of drug-likeness (QED) is 0.711. The summed E-state index contributed by atoms with van der Waals surface area (Å²) in [5, 5.41) is 21.5. The number of H-pyrrole nitrogens is 1. The van der Waals surface area contributed by atoms with Gasteiger partial charge in [0.15, 0.2) is 5.88 Å². The van der Waals surface area contributed by atoms with E-state index in [1.54, 1.807) is 12.3 Å². The van der Waals surface area contributed by atoms with Crippen LogP contribution >= 0.6 is 11.6 Å². The summed E-state index contributed by atoms with van der Waals surface area (Å²) in [6.07, 6.45) is 3.63. The van der Waals surface area contributed by atoms with Gasteiger partial charge in [0.1, 0.15) is 0 Å². The minimum atomic E-state index is 0.104. The SMILES string of the molecule is Oc1[nH]c2c(Cl)cccc2c1C=c1ccc2c(c1)N=NC=2. The molecular weight excluding hydrogens is 286 g/mol. The molecule has 0 atom stereocenters. The summed E-state index contributed by atoms with van der Waals surface area (Å²) < 4.78 is 0. The average molecular weight is 296 g/mol. The minimum absolute atomic E-state index is 0.104. The summed E-state index contributed by atoms with van der Waals surface area (Å²) in [6.45, 7) is 0. The van der Waals surface area contributed by atoms with Crippen molar-refractivity contribution in [2.75, 3.05) is 0 Å². The molecule has 5 heteroatoms. The van der Waals surface area contributed by atoms with Gasteiger partial charge in [-0.15, -0.1) is 0 Å². The number of aromatic amines is 1. The normalized spacial score (nSPS) is 13.7. The van der Waals surface area contributed by atoms with Gasteiger partial charge in [-0.05, 0) is 23.4 Å². The monoisotopic (exact) mass is 295 g/mol. The lowest BCUT2D eigenvalue weighted by atomic mass is 10.1. The van der Waals surface area contributed by atoms with Crippen molar-refractivity contribution in [2.24, 2.45) is 10.2 Å². The Kier molecular flexibility index (Phi) is 2.59. The molecular formula is C16H10ClN3O. The number of nitrogens with zero attached hydrogens (tertiary/aromatic N) is 2. The standard InChI is InChI=1S/C16H10ClN3O/c17-13-3-1-2-11-12(16(21)19-15(11)13)6-9-4-5-10-8-18-20-14(10)7-9/h1-8,19,21H. The van der Waals surface area contributed by atoms with Gasteiger partial charge in [0.2, 0.25) is 0 Å². The van der Waals surface area contributed by atoms with E-state index >= 15 is 0 Å². The van der Waals surface area contributed by atoms with Gasteiger partial charge >= 0.3 is 0 Å². The first-order chi connectivity index (χ1) is 10.2. The number of hydrogen-bond acceptors (Lipinski definition) is 3. The van der Waals surface area contributed by atoms with Crippen LogP contribution in [0.15, 0.2) is 46.6 Å². The predicted octanol–water partition coefficient (Wildman–Crippen LogP) is 3.19. The Labute approximate surface area is 124 Å². The lowest BCUT2D eigenvalue weighted by molar-refractivity contribution is 0.457. The molecule has 0 aliphatic carbocycles. The summed E-state index contributed by atoms with van der Waals surface area (Å²) in [6, 6.07) is 11.4. The molecule has 102 valence electrons. The van der Waals surface area contributed by atoms with Gasteiger partial charge in [0, 0.05) is 16.2 Å². The average Bonchev–Trinajstić information content (AvgIpc) is 3.05. The molecule has 21 heavy (non-hydrogen) atoms. The summed E-state index contributed by atoms with van der Waals surface area (Å²) in [4.78, 5) is 2.91. The fraction of sp³-hybridized carbons (Fsp3) is 0. The first-order valence-electron chi connectivity index (χ1n) is 6.44. The lowest BCUT2D eigenvalue weighted by Crippen LogP contribution is -2.06. The van der Waals surface area contributed by atoms with Crippen LogP contribution in [-0.2, 0) is 0 Å². The molecule has 2 aromatic carbocycles. The zero-order valence-corrected chi connectivity index (χ0v) is 11.6. The van der Waals surface area contributed by atoms with Crippen LogP contribution in [0.1, 0.15) is 5.56 Å². The smallest absolute Gasteiger partial charge is 0.196 e. The van der Waals surface area contributed by atoms with Crippen LogP contribution in [0.2, 0.25) is 5.02 Å². The molecule has 4 rings (SSSR count). The molecule has 0 bridgehead atoms. The fourth-order valence-electron chi connectivity index (χ4n) is 2.50. The molecule has 0 spiro atoms. The van der Waals surface area contributed by atoms with Gasteiger partial charge in [0.25, 0.3) is 0 Å². The summed E-state index contributed by atoms with van der Waals surface area (Å²) >= 11 is 6.13. The van der Waals surface area contributed by atoms with Crippen molar-refractivity contribution in [1.29, 1.82) is 0 Å². The second-order valence-electron chi connectivity index (χ2n) is 4.86. The maximum atomic E-state index is 10.1. The highest BCUT2D eigenvalue weighted by atomic mass is 35.5. The van der Waals surface area contributed by atoms with Gasteiger partial charge in [-0.3, -0.25) is 0 Å². The molecule has 3 aromatic rings. The Morgan fingerprint density at radius 1 is 1.19 bits per heavy atom. The van der Waals surface area contributed by atoms with Crippen LogP contribution in [-0.4, -0.2) is 10.1 Å². The largest absolute Gasteiger partial charge is 0.494 e. The van der Waals surface area contributed by atoms with Crippen LogP contribution in [0.3, 0.4) is 0 Å². The van der Waals surface area contributed by atoms with E-state index in [9.17, 15) is 5.11 Å². The maximum absolute atomic E-state index is 10.1. The van der Waals surface area contributed by atoms with Gasteiger partial charge < -0.3 is 10.1 Å². The second kappa shape index (κ2) is 4.46. The zero-order valence-electron chi connectivity index (χ0n) is 10.8. The Balaban J connectivity index is 1.98. The molecule has 2 N–H and O–H groups in total. The van der Waals surface area contributed by atoms with E-state index in [-0.39, 0.29) is 5.88 Å². The third-order valence-electron chi connectivity index (χ3n) is 3.53. The zero-order chi connectivity index (χ0) is 14.4. The number of halogens is 1. The van der Waals surface area contributed by atoms with Crippen LogP contribution in [0.4, 0.5) is 5.69 Å². The van der Waals surface area contributed by atoms with E-state index in [4.69, 9.17) is 11.6 Å². The van der Waals surface area contributed by atoms with E-state index in [0.717, 1.165) is 27.0 Å². The molecule has 0 amide bonds. The summed E-state index contributed by atoms with van der Waals surface area (Å²) in [5.41, 5.74) is 2.28. The van der Waals surface area contributed by atoms with Crippen molar-refractivity contribution in [3.63, 3.8) is 0 Å². The van der Waals surface area contributed by atoms with Gasteiger partial charge in [-0.1, -0.05) is 35.9 Å². The van der Waals surface area contributed by atoms with Crippen LogP contribution in [0.25, 0.3) is 23.2 Å². The lowest BCUT2D eigenvalue weighted by Gasteiger charge is -1.95. The topological polar surface area (TPSA) is 60.7 Å². The summed E-state index contributed by atoms with van der Waals surface area (Å²) in [7, 11) is 0.